The van der Waals surface area contributed by atoms with Crippen molar-refractivity contribution in [2.24, 2.45) is 0 Å². The number of carbonyl (C=O) groups is 1. The highest BCUT2D eigenvalue weighted by Crippen LogP contribution is 2.22. The number of anilines is 1. The molecule has 0 fully saturated rings. The van der Waals surface area contributed by atoms with E-state index < -0.39 is 21.6 Å². The molecule has 1 heterocycles. The van der Waals surface area contributed by atoms with Crippen molar-refractivity contribution in [3.63, 3.8) is 0 Å². The highest BCUT2D eigenvalue weighted by atomic mass is 32.2. The molecule has 9 nitrogen and oxygen atoms in total. The summed E-state index contributed by atoms with van der Waals surface area (Å²) in [5, 5.41) is 2.73. The molecule has 1 amide bonds. The fourth-order valence-corrected chi connectivity index (χ4v) is 4.32. The molecule has 0 unspecified atom stereocenters. The molecule has 0 aliphatic carbocycles. The van der Waals surface area contributed by atoms with Crippen LogP contribution >= 0.6 is 0 Å². The van der Waals surface area contributed by atoms with Crippen LogP contribution in [0.25, 0.3) is 11.0 Å². The van der Waals surface area contributed by atoms with Crippen LogP contribution in [0.2, 0.25) is 0 Å². The number of aromatic amines is 2. The Morgan fingerprint density at radius 2 is 1.70 bits per heavy atom. The molecule has 3 aromatic carbocycles. The number of sulfonamides is 1. The van der Waals surface area contributed by atoms with Crippen molar-refractivity contribution in [1.82, 2.24) is 15.3 Å². The minimum atomic E-state index is -4.01. The topological polar surface area (TPSA) is 133 Å². The summed E-state index contributed by atoms with van der Waals surface area (Å²) in [6.07, 6.45) is 0. The second-order valence-corrected chi connectivity index (χ2v) is 9.04. The summed E-state index contributed by atoms with van der Waals surface area (Å²) in [7, 11) is -4.01. The van der Waals surface area contributed by atoms with Gasteiger partial charge in [-0.15, -0.1) is 0 Å². The maximum Gasteiger partial charge on any atom is 0.323 e. The van der Waals surface area contributed by atoms with Crippen LogP contribution in [-0.4, -0.2) is 37.4 Å². The Morgan fingerprint density at radius 3 is 2.48 bits per heavy atom. The second-order valence-electron chi connectivity index (χ2n) is 7.36. The summed E-state index contributed by atoms with van der Waals surface area (Å²) < 4.78 is 33.9. The van der Waals surface area contributed by atoms with Crippen molar-refractivity contribution in [3.05, 3.63) is 88.3 Å². The van der Waals surface area contributed by atoms with Crippen molar-refractivity contribution in [3.8, 4) is 5.75 Å². The van der Waals surface area contributed by atoms with E-state index in [9.17, 15) is 18.0 Å². The van der Waals surface area contributed by atoms with Gasteiger partial charge in [0.2, 0.25) is 0 Å². The third-order valence-electron chi connectivity index (χ3n) is 4.89. The molecule has 1 aromatic heterocycles. The van der Waals surface area contributed by atoms with Gasteiger partial charge in [0.25, 0.3) is 15.9 Å². The number of nitrogens with one attached hydrogen (secondary N) is 4. The maximum absolute atomic E-state index is 12.9. The van der Waals surface area contributed by atoms with Crippen LogP contribution in [-0.2, 0) is 10.0 Å². The fraction of sp³-hybridized carbons (Fsp3) is 0.130. The van der Waals surface area contributed by atoms with Gasteiger partial charge in [0.05, 0.1) is 33.7 Å². The third-order valence-corrected chi connectivity index (χ3v) is 6.25. The van der Waals surface area contributed by atoms with Crippen LogP contribution in [0.3, 0.4) is 0 Å². The quantitative estimate of drug-likeness (QED) is 0.296. The number of hydrogen-bond acceptors (Lipinski definition) is 5. The molecule has 0 spiro atoms. The average Bonchev–Trinajstić information content (AvgIpc) is 3.17. The third kappa shape index (κ3) is 5.24. The van der Waals surface area contributed by atoms with Gasteiger partial charge in [-0.2, -0.15) is 0 Å². The van der Waals surface area contributed by atoms with Gasteiger partial charge in [0.15, 0.2) is 0 Å². The first kappa shape index (κ1) is 22.2. The molecular formula is C23H22N4O5S. The first-order valence-corrected chi connectivity index (χ1v) is 11.6. The Labute approximate surface area is 189 Å². The number of amides is 1. The lowest BCUT2D eigenvalue weighted by atomic mass is 10.1. The van der Waals surface area contributed by atoms with Crippen molar-refractivity contribution >= 4 is 32.7 Å². The van der Waals surface area contributed by atoms with E-state index in [4.69, 9.17) is 4.74 Å². The molecule has 0 radical (unpaired) electrons. The standard InChI is InChI=1S/C23H22N4O5S/c1-15-6-8-16(9-7-15)32-13-12-24-22(28)18-4-2-3-5-19(18)27-33(30,31)17-10-11-20-21(14-17)26-23(29)25-20/h2-11,14,27H,12-13H2,1H3,(H,24,28)(H2,25,26,29). The maximum atomic E-state index is 12.9. The molecule has 0 aliphatic heterocycles. The van der Waals surface area contributed by atoms with Gasteiger partial charge < -0.3 is 20.0 Å². The van der Waals surface area contributed by atoms with Crippen LogP contribution in [0.15, 0.2) is 76.4 Å². The molecule has 0 atom stereocenters. The minimum Gasteiger partial charge on any atom is -0.492 e. The number of para-hydroxylation sites is 1. The smallest absolute Gasteiger partial charge is 0.323 e. The number of H-pyrrole nitrogens is 2. The Morgan fingerprint density at radius 1 is 0.970 bits per heavy atom. The number of aromatic nitrogens is 2. The van der Waals surface area contributed by atoms with Gasteiger partial charge in [0.1, 0.15) is 12.4 Å². The Kier molecular flexibility index (Phi) is 6.18. The molecule has 33 heavy (non-hydrogen) atoms. The van der Waals surface area contributed by atoms with Crippen molar-refractivity contribution < 1.29 is 17.9 Å². The van der Waals surface area contributed by atoms with E-state index in [1.807, 2.05) is 31.2 Å². The van der Waals surface area contributed by atoms with Crippen LogP contribution in [0.1, 0.15) is 15.9 Å². The number of aryl methyl sites for hydroxylation is 1. The zero-order chi connectivity index (χ0) is 23.4. The van der Waals surface area contributed by atoms with E-state index in [2.05, 4.69) is 20.0 Å². The Bertz CT molecular complexity index is 1460. The number of benzene rings is 3. The lowest BCUT2D eigenvalue weighted by Gasteiger charge is -2.13. The predicted molar refractivity (Wildman–Crippen MR) is 125 cm³/mol. The van der Waals surface area contributed by atoms with Gasteiger partial charge in [-0.1, -0.05) is 29.8 Å². The van der Waals surface area contributed by atoms with Gasteiger partial charge >= 0.3 is 5.69 Å². The fourth-order valence-electron chi connectivity index (χ4n) is 3.22. The van der Waals surface area contributed by atoms with E-state index in [1.54, 1.807) is 12.1 Å². The van der Waals surface area contributed by atoms with Gasteiger partial charge in [-0.25, -0.2) is 13.2 Å². The van der Waals surface area contributed by atoms with Gasteiger partial charge in [0, 0.05) is 0 Å². The van der Waals surface area contributed by atoms with E-state index in [0.29, 0.717) is 16.8 Å². The number of imidazole rings is 1. The highest BCUT2D eigenvalue weighted by molar-refractivity contribution is 7.92. The zero-order valence-corrected chi connectivity index (χ0v) is 18.5. The second kappa shape index (κ2) is 9.21. The van der Waals surface area contributed by atoms with E-state index in [1.165, 1.54) is 30.3 Å². The molecule has 170 valence electrons. The number of carbonyl (C=O) groups excluding carboxylic acids is 1. The Hall–Kier alpha value is -4.05. The number of hydrogen-bond donors (Lipinski definition) is 4. The first-order chi connectivity index (χ1) is 15.8. The van der Waals surface area contributed by atoms with Crippen molar-refractivity contribution in [2.75, 3.05) is 17.9 Å². The van der Waals surface area contributed by atoms with Gasteiger partial charge in [-0.05, 0) is 49.4 Å². The molecule has 0 bridgehead atoms. The monoisotopic (exact) mass is 466 g/mol. The summed E-state index contributed by atoms with van der Waals surface area (Å²) in [5.41, 5.74) is 1.86. The van der Waals surface area contributed by atoms with Crippen LogP contribution < -0.4 is 20.5 Å². The summed E-state index contributed by atoms with van der Waals surface area (Å²) in [4.78, 5) is 29.1. The summed E-state index contributed by atoms with van der Waals surface area (Å²) in [6, 6.07) is 18.1. The Balaban J connectivity index is 1.44. The zero-order valence-electron chi connectivity index (χ0n) is 17.7. The van der Waals surface area contributed by atoms with Crippen molar-refractivity contribution in [1.29, 1.82) is 0 Å². The van der Waals surface area contributed by atoms with Crippen LogP contribution in [0.4, 0.5) is 5.69 Å². The molecule has 10 heteroatoms. The minimum absolute atomic E-state index is 0.0491. The lowest BCUT2D eigenvalue weighted by molar-refractivity contribution is 0.0948. The molecule has 4 aromatic rings. The van der Waals surface area contributed by atoms with Gasteiger partial charge in [-0.3, -0.25) is 9.52 Å². The number of fused-ring (bicyclic) bond motifs is 1. The van der Waals surface area contributed by atoms with E-state index >= 15 is 0 Å². The largest absolute Gasteiger partial charge is 0.492 e. The predicted octanol–water partition coefficient (Wildman–Crippen LogP) is 2.77. The SMILES string of the molecule is Cc1ccc(OCCNC(=O)c2ccccc2NS(=O)(=O)c2ccc3[nH]c(=O)[nH]c3c2)cc1. The molecule has 4 N–H and O–H groups in total. The molecule has 0 saturated carbocycles. The first-order valence-electron chi connectivity index (χ1n) is 10.1. The summed E-state index contributed by atoms with van der Waals surface area (Å²) >= 11 is 0. The summed E-state index contributed by atoms with van der Waals surface area (Å²) in [6.45, 7) is 2.48. The molecule has 0 saturated heterocycles. The molecule has 4 rings (SSSR count). The lowest BCUT2D eigenvalue weighted by Crippen LogP contribution is -2.29. The number of ether oxygens (including phenoxy) is 1. The van der Waals surface area contributed by atoms with Crippen molar-refractivity contribution in [2.45, 2.75) is 11.8 Å². The molecular weight excluding hydrogens is 444 g/mol. The summed E-state index contributed by atoms with van der Waals surface area (Å²) in [5.74, 6) is 0.259. The van der Waals surface area contributed by atoms with Crippen LogP contribution in [0.5, 0.6) is 5.75 Å². The van der Waals surface area contributed by atoms with E-state index in [-0.39, 0.29) is 29.3 Å². The average molecular weight is 467 g/mol. The molecule has 0 aliphatic rings. The number of rotatable bonds is 8. The van der Waals surface area contributed by atoms with E-state index in [0.717, 1.165) is 5.56 Å². The highest BCUT2D eigenvalue weighted by Gasteiger charge is 2.19. The normalized spacial score (nSPS) is 11.3. The van der Waals surface area contributed by atoms with Crippen LogP contribution in [0, 0.1) is 6.92 Å².